The van der Waals surface area contributed by atoms with E-state index in [9.17, 15) is 4.79 Å². The van der Waals surface area contributed by atoms with Gasteiger partial charge in [-0.2, -0.15) is 0 Å². The van der Waals surface area contributed by atoms with Crippen molar-refractivity contribution in [2.45, 2.75) is 115 Å². The number of hydrogen-bond donors (Lipinski definition) is 1. The van der Waals surface area contributed by atoms with Crippen molar-refractivity contribution in [3.63, 3.8) is 0 Å². The van der Waals surface area contributed by atoms with Crippen molar-refractivity contribution in [1.29, 1.82) is 0 Å². The Bertz CT molecular complexity index is 672. The molecule has 0 bridgehead atoms. The van der Waals surface area contributed by atoms with Gasteiger partial charge in [-0.05, 0) is 66.7 Å². The maximum absolute atomic E-state index is 12.5. The topological polar surface area (TPSA) is 81.9 Å². The van der Waals surface area contributed by atoms with Crippen LogP contribution in [0, 0.1) is 5.92 Å². The van der Waals surface area contributed by atoms with E-state index in [1.54, 1.807) is 7.11 Å². The van der Waals surface area contributed by atoms with Crippen LogP contribution in [-0.4, -0.2) is 68.6 Å². The van der Waals surface area contributed by atoms with Crippen LogP contribution in [0.1, 0.15) is 79.6 Å². The van der Waals surface area contributed by atoms with Gasteiger partial charge in [0.15, 0.2) is 0 Å². The maximum Gasteiger partial charge on any atom is 0.407 e. The molecule has 0 aromatic carbocycles. The fourth-order valence-corrected chi connectivity index (χ4v) is 5.34. The Kier molecular flexibility index (Phi) is 9.23. The SMILES string of the molecule is COC1C(OC(=O)NCCCCCCOC(C)C)CC[C@]2(CO2)C1[C@@]1(C)O[C@@H]1CC=C(C)C. The lowest BCUT2D eigenvalue weighted by Crippen LogP contribution is -2.56. The van der Waals surface area contributed by atoms with E-state index in [4.69, 9.17) is 23.7 Å². The predicted octanol–water partition coefficient (Wildman–Crippen LogP) is 4.77. The molecular weight excluding hydrogens is 422 g/mol. The smallest absolute Gasteiger partial charge is 0.407 e. The van der Waals surface area contributed by atoms with Gasteiger partial charge in [-0.1, -0.05) is 24.5 Å². The van der Waals surface area contributed by atoms with E-state index in [0.717, 1.165) is 58.2 Å². The summed E-state index contributed by atoms with van der Waals surface area (Å²) in [5.74, 6) is 0.0465. The molecule has 0 aromatic heterocycles. The second kappa shape index (κ2) is 11.5. The van der Waals surface area contributed by atoms with Gasteiger partial charge in [0.05, 0.1) is 24.7 Å². The molecule has 2 saturated heterocycles. The number of methoxy groups -OCH3 is 1. The first-order valence-electron chi connectivity index (χ1n) is 12.8. The monoisotopic (exact) mass is 467 g/mol. The zero-order chi connectivity index (χ0) is 24.1. The summed E-state index contributed by atoms with van der Waals surface area (Å²) in [5, 5.41) is 2.91. The molecule has 1 saturated carbocycles. The van der Waals surface area contributed by atoms with Gasteiger partial charge in [0.2, 0.25) is 0 Å². The minimum absolute atomic E-state index is 0.0465. The Morgan fingerprint density at radius 2 is 1.94 bits per heavy atom. The molecule has 2 heterocycles. The third-order valence-corrected chi connectivity index (χ3v) is 7.29. The van der Waals surface area contributed by atoms with Crippen LogP contribution < -0.4 is 5.32 Å². The summed E-state index contributed by atoms with van der Waals surface area (Å²) < 4.78 is 29.5. The number of amides is 1. The average Bonchev–Trinajstić information content (AvgIpc) is 3.67. The molecule has 1 amide bonds. The first-order chi connectivity index (χ1) is 15.7. The van der Waals surface area contributed by atoms with Crippen LogP contribution in [0.25, 0.3) is 0 Å². The quantitative estimate of drug-likeness (QED) is 0.239. The van der Waals surface area contributed by atoms with E-state index in [0.29, 0.717) is 6.54 Å². The minimum Gasteiger partial charge on any atom is -0.443 e. The Hall–Kier alpha value is -1.15. The Morgan fingerprint density at radius 3 is 2.58 bits per heavy atom. The number of unbranched alkanes of at least 4 members (excludes halogenated alkanes) is 3. The largest absolute Gasteiger partial charge is 0.443 e. The molecule has 1 aliphatic carbocycles. The number of epoxide rings is 2. The number of ether oxygens (including phenoxy) is 5. The highest BCUT2D eigenvalue weighted by Crippen LogP contribution is 2.59. The summed E-state index contributed by atoms with van der Waals surface area (Å²) in [6.45, 7) is 12.6. The van der Waals surface area contributed by atoms with Crippen LogP contribution in [0.4, 0.5) is 4.79 Å². The van der Waals surface area contributed by atoms with Gasteiger partial charge < -0.3 is 29.0 Å². The van der Waals surface area contributed by atoms with E-state index >= 15 is 0 Å². The van der Waals surface area contributed by atoms with E-state index in [-0.39, 0.29) is 47.6 Å². The molecule has 3 aliphatic rings. The second-order valence-corrected chi connectivity index (χ2v) is 10.6. The number of rotatable bonds is 13. The molecule has 7 nitrogen and oxygen atoms in total. The van der Waals surface area contributed by atoms with Crippen LogP contribution in [0.5, 0.6) is 0 Å². The van der Waals surface area contributed by atoms with Crippen molar-refractivity contribution in [2.75, 3.05) is 26.9 Å². The number of nitrogens with one attached hydrogen (secondary N) is 1. The number of carbonyl (C=O) groups excluding carboxylic acids is 1. The number of hydrogen-bond acceptors (Lipinski definition) is 6. The van der Waals surface area contributed by atoms with Crippen LogP contribution >= 0.6 is 0 Å². The van der Waals surface area contributed by atoms with Crippen molar-refractivity contribution in [3.05, 3.63) is 11.6 Å². The first kappa shape index (κ1) is 26.5. The van der Waals surface area contributed by atoms with E-state index in [1.807, 2.05) is 0 Å². The lowest BCUT2D eigenvalue weighted by molar-refractivity contribution is -0.118. The lowest BCUT2D eigenvalue weighted by Gasteiger charge is -2.42. The number of alkyl carbamates (subject to hydrolysis) is 1. The molecule has 1 spiro atoms. The van der Waals surface area contributed by atoms with Gasteiger partial charge in [0.25, 0.3) is 0 Å². The molecule has 6 atom stereocenters. The standard InChI is InChI=1S/C26H45NO6/c1-18(2)11-12-21-25(5,33-21)23-22(29-6)20(13-14-26(23)17-31-26)32-24(28)27-15-9-7-8-10-16-30-19(3)4/h11,19-23H,7-10,12-17H2,1-6H3,(H,27,28)/t20?,21-,22?,23?,25+,26+/m1/s1. The number of carbonyl (C=O) groups is 1. The Balaban J connectivity index is 1.45. The zero-order valence-corrected chi connectivity index (χ0v) is 21.5. The van der Waals surface area contributed by atoms with Crippen molar-refractivity contribution in [1.82, 2.24) is 5.32 Å². The lowest BCUT2D eigenvalue weighted by atomic mass is 9.68. The summed E-state index contributed by atoms with van der Waals surface area (Å²) in [7, 11) is 1.70. The highest BCUT2D eigenvalue weighted by Gasteiger charge is 2.72. The molecule has 1 N–H and O–H groups in total. The third-order valence-electron chi connectivity index (χ3n) is 7.29. The van der Waals surface area contributed by atoms with Crippen molar-refractivity contribution in [3.8, 4) is 0 Å². The molecule has 2 aliphatic heterocycles. The van der Waals surface area contributed by atoms with Gasteiger partial charge in [-0.3, -0.25) is 0 Å². The van der Waals surface area contributed by atoms with Gasteiger partial charge in [-0.15, -0.1) is 0 Å². The summed E-state index contributed by atoms with van der Waals surface area (Å²) in [6, 6.07) is 0. The molecule has 0 radical (unpaired) electrons. The third kappa shape index (κ3) is 6.93. The summed E-state index contributed by atoms with van der Waals surface area (Å²) in [5.41, 5.74) is 0.769. The average molecular weight is 468 g/mol. The second-order valence-electron chi connectivity index (χ2n) is 10.6. The summed E-state index contributed by atoms with van der Waals surface area (Å²) >= 11 is 0. The Labute approximate surface area is 199 Å². The Morgan fingerprint density at radius 1 is 1.21 bits per heavy atom. The van der Waals surface area contributed by atoms with Crippen LogP contribution in [0.15, 0.2) is 11.6 Å². The molecular formula is C26H45NO6. The zero-order valence-electron chi connectivity index (χ0n) is 21.5. The first-order valence-corrected chi connectivity index (χ1v) is 12.8. The van der Waals surface area contributed by atoms with E-state index in [1.165, 1.54) is 5.57 Å². The van der Waals surface area contributed by atoms with Gasteiger partial charge >= 0.3 is 6.09 Å². The summed E-state index contributed by atoms with van der Waals surface area (Å²) in [4.78, 5) is 12.5. The van der Waals surface area contributed by atoms with Gasteiger partial charge in [0, 0.05) is 20.3 Å². The normalized spacial score (nSPS) is 34.9. The molecule has 7 heteroatoms. The van der Waals surface area contributed by atoms with Gasteiger partial charge in [-0.25, -0.2) is 4.79 Å². The van der Waals surface area contributed by atoms with Crippen LogP contribution in [-0.2, 0) is 23.7 Å². The molecule has 3 unspecified atom stereocenters. The molecule has 0 aromatic rings. The van der Waals surface area contributed by atoms with Crippen LogP contribution in [0.3, 0.4) is 0 Å². The fourth-order valence-electron chi connectivity index (χ4n) is 5.34. The maximum atomic E-state index is 12.5. The predicted molar refractivity (Wildman–Crippen MR) is 127 cm³/mol. The fraction of sp³-hybridized carbons (Fsp3) is 0.885. The highest BCUT2D eigenvalue weighted by molar-refractivity contribution is 5.67. The van der Waals surface area contributed by atoms with Crippen molar-refractivity contribution in [2.24, 2.45) is 5.92 Å². The van der Waals surface area contributed by atoms with Crippen molar-refractivity contribution < 1.29 is 28.5 Å². The number of allylic oxidation sites excluding steroid dienone is 1. The molecule has 33 heavy (non-hydrogen) atoms. The highest BCUT2D eigenvalue weighted by atomic mass is 16.6. The summed E-state index contributed by atoms with van der Waals surface area (Å²) in [6.07, 6.45) is 8.41. The van der Waals surface area contributed by atoms with E-state index in [2.05, 4.69) is 46.0 Å². The van der Waals surface area contributed by atoms with Crippen LogP contribution in [0.2, 0.25) is 0 Å². The molecule has 3 fully saturated rings. The van der Waals surface area contributed by atoms with Crippen molar-refractivity contribution >= 4 is 6.09 Å². The molecule has 3 rings (SSSR count). The molecule has 190 valence electrons. The minimum atomic E-state index is -0.362. The van der Waals surface area contributed by atoms with E-state index < -0.39 is 0 Å². The van der Waals surface area contributed by atoms with Gasteiger partial charge in [0.1, 0.15) is 23.4 Å².